The molecule has 1 heteroatoms. The molecule has 0 radical (unpaired) electrons. The minimum atomic E-state index is 0.629. The average Bonchev–Trinajstić information content (AvgIpc) is 2.36. The van der Waals surface area contributed by atoms with E-state index in [2.05, 4.69) is 49.2 Å². The molecule has 0 aliphatic heterocycles. The van der Waals surface area contributed by atoms with Gasteiger partial charge in [0.25, 0.3) is 0 Å². The first-order valence-corrected chi connectivity index (χ1v) is 6.07. The highest BCUT2D eigenvalue weighted by atomic mass is 14.8. The van der Waals surface area contributed by atoms with Crippen LogP contribution in [0.1, 0.15) is 36.0 Å². The fourth-order valence-electron chi connectivity index (χ4n) is 2.29. The fraction of sp³-hybridized carbons (Fsp3) is 0.250. The molecule has 0 fully saturated rings. The predicted molar refractivity (Wildman–Crippen MR) is 75.7 cm³/mol. The monoisotopic (exact) mass is 225 g/mol. The normalized spacial score (nSPS) is 18.7. The van der Waals surface area contributed by atoms with Crippen LogP contribution in [0.4, 0.5) is 0 Å². The Morgan fingerprint density at radius 1 is 1.47 bits per heavy atom. The molecule has 17 heavy (non-hydrogen) atoms. The summed E-state index contributed by atoms with van der Waals surface area (Å²) in [5, 5.41) is 3.05. The molecule has 1 aliphatic rings. The Labute approximate surface area is 104 Å². The SMILES string of the molecule is C=C/C(=C\NC)c1ccc2c(c1)C=CCC2C. The van der Waals surface area contributed by atoms with Crippen LogP contribution < -0.4 is 5.32 Å². The van der Waals surface area contributed by atoms with Crippen molar-refractivity contribution < 1.29 is 0 Å². The van der Waals surface area contributed by atoms with Crippen LogP contribution in [0.15, 0.2) is 43.1 Å². The molecule has 1 aromatic carbocycles. The maximum absolute atomic E-state index is 3.86. The summed E-state index contributed by atoms with van der Waals surface area (Å²) >= 11 is 0. The van der Waals surface area contributed by atoms with Crippen molar-refractivity contribution in [2.75, 3.05) is 7.05 Å². The summed E-state index contributed by atoms with van der Waals surface area (Å²) in [6.45, 7) is 6.13. The van der Waals surface area contributed by atoms with Crippen LogP contribution in [-0.4, -0.2) is 7.05 Å². The van der Waals surface area contributed by atoms with Gasteiger partial charge in [0.15, 0.2) is 0 Å². The third-order valence-electron chi connectivity index (χ3n) is 3.26. The van der Waals surface area contributed by atoms with Gasteiger partial charge in [0.2, 0.25) is 0 Å². The maximum atomic E-state index is 3.86. The van der Waals surface area contributed by atoms with E-state index < -0.39 is 0 Å². The van der Waals surface area contributed by atoms with Gasteiger partial charge < -0.3 is 5.32 Å². The summed E-state index contributed by atoms with van der Waals surface area (Å²) in [5.74, 6) is 0.629. The van der Waals surface area contributed by atoms with Gasteiger partial charge in [-0.05, 0) is 40.7 Å². The minimum Gasteiger partial charge on any atom is -0.393 e. The van der Waals surface area contributed by atoms with Crippen molar-refractivity contribution in [3.63, 3.8) is 0 Å². The van der Waals surface area contributed by atoms with Crippen molar-refractivity contribution in [1.82, 2.24) is 5.32 Å². The molecule has 0 amide bonds. The highest BCUT2D eigenvalue weighted by Crippen LogP contribution is 2.31. The van der Waals surface area contributed by atoms with E-state index in [1.54, 1.807) is 0 Å². The van der Waals surface area contributed by atoms with Crippen LogP contribution in [0, 0.1) is 0 Å². The summed E-state index contributed by atoms with van der Waals surface area (Å²) in [6.07, 6.45) is 9.48. The Balaban J connectivity index is 2.44. The second kappa shape index (κ2) is 5.05. The first kappa shape index (κ1) is 11.7. The van der Waals surface area contributed by atoms with E-state index in [0.29, 0.717) is 5.92 Å². The van der Waals surface area contributed by atoms with Gasteiger partial charge in [-0.3, -0.25) is 0 Å². The lowest BCUT2D eigenvalue weighted by atomic mass is 9.87. The van der Waals surface area contributed by atoms with Crippen LogP contribution in [0.25, 0.3) is 11.6 Å². The van der Waals surface area contributed by atoms with E-state index in [1.165, 1.54) is 16.7 Å². The van der Waals surface area contributed by atoms with E-state index in [4.69, 9.17) is 0 Å². The highest BCUT2D eigenvalue weighted by Gasteiger charge is 2.12. The van der Waals surface area contributed by atoms with E-state index >= 15 is 0 Å². The molecule has 0 saturated heterocycles. The van der Waals surface area contributed by atoms with E-state index in [9.17, 15) is 0 Å². The second-order valence-corrected chi connectivity index (χ2v) is 4.48. The predicted octanol–water partition coefficient (Wildman–Crippen LogP) is 3.95. The lowest BCUT2D eigenvalue weighted by Crippen LogP contribution is -2.01. The summed E-state index contributed by atoms with van der Waals surface area (Å²) in [4.78, 5) is 0. The van der Waals surface area contributed by atoms with Gasteiger partial charge in [0.05, 0.1) is 0 Å². The summed E-state index contributed by atoms with van der Waals surface area (Å²) in [6, 6.07) is 6.66. The number of hydrogen-bond donors (Lipinski definition) is 1. The number of nitrogens with one attached hydrogen (secondary N) is 1. The molecule has 1 N–H and O–H groups in total. The number of benzene rings is 1. The summed E-state index contributed by atoms with van der Waals surface area (Å²) in [7, 11) is 1.91. The van der Waals surface area contributed by atoms with Gasteiger partial charge >= 0.3 is 0 Å². The molecule has 0 heterocycles. The second-order valence-electron chi connectivity index (χ2n) is 4.48. The first-order valence-electron chi connectivity index (χ1n) is 6.07. The molecule has 0 spiro atoms. The molecule has 1 atom stereocenters. The van der Waals surface area contributed by atoms with Crippen molar-refractivity contribution in [3.8, 4) is 0 Å². The van der Waals surface area contributed by atoms with Crippen LogP contribution in [0.5, 0.6) is 0 Å². The van der Waals surface area contributed by atoms with E-state index in [-0.39, 0.29) is 0 Å². The zero-order valence-electron chi connectivity index (χ0n) is 10.5. The van der Waals surface area contributed by atoms with Crippen molar-refractivity contribution >= 4 is 11.6 Å². The van der Waals surface area contributed by atoms with Crippen molar-refractivity contribution in [2.45, 2.75) is 19.3 Å². The van der Waals surface area contributed by atoms with Gasteiger partial charge in [-0.15, -0.1) is 0 Å². The summed E-state index contributed by atoms with van der Waals surface area (Å²) < 4.78 is 0. The van der Waals surface area contributed by atoms with Crippen LogP contribution in [0.3, 0.4) is 0 Å². The Morgan fingerprint density at radius 2 is 2.29 bits per heavy atom. The van der Waals surface area contributed by atoms with Crippen molar-refractivity contribution in [3.05, 3.63) is 59.8 Å². The lowest BCUT2D eigenvalue weighted by molar-refractivity contribution is 0.771. The largest absolute Gasteiger partial charge is 0.393 e. The van der Waals surface area contributed by atoms with Crippen LogP contribution in [-0.2, 0) is 0 Å². The molecule has 0 aromatic heterocycles. The van der Waals surface area contributed by atoms with Crippen molar-refractivity contribution in [1.29, 1.82) is 0 Å². The number of hydrogen-bond acceptors (Lipinski definition) is 1. The standard InChI is InChI=1S/C16H19N/c1-4-13(11-17-3)14-8-9-16-12(2)6-5-7-15(16)10-14/h4-5,7-12,17H,1,6H2,2-3H3/b13-11+. The number of allylic oxidation sites excluding steroid dienone is 3. The third-order valence-corrected chi connectivity index (χ3v) is 3.26. The van der Waals surface area contributed by atoms with Crippen molar-refractivity contribution in [2.24, 2.45) is 0 Å². The number of fused-ring (bicyclic) bond motifs is 1. The lowest BCUT2D eigenvalue weighted by Gasteiger charge is -2.18. The molecule has 1 nitrogen and oxygen atoms in total. The van der Waals surface area contributed by atoms with Gasteiger partial charge in [-0.1, -0.05) is 43.9 Å². The first-order chi connectivity index (χ1) is 8.26. The topological polar surface area (TPSA) is 12.0 Å². The zero-order valence-corrected chi connectivity index (χ0v) is 10.5. The molecule has 1 aliphatic carbocycles. The molecule has 0 bridgehead atoms. The van der Waals surface area contributed by atoms with E-state index in [1.807, 2.05) is 19.3 Å². The Morgan fingerprint density at radius 3 is 3.00 bits per heavy atom. The molecular weight excluding hydrogens is 206 g/mol. The average molecular weight is 225 g/mol. The smallest absolute Gasteiger partial charge is 0.00410 e. The van der Waals surface area contributed by atoms with Crippen LogP contribution in [0.2, 0.25) is 0 Å². The zero-order chi connectivity index (χ0) is 12.3. The molecule has 0 saturated carbocycles. The summed E-state index contributed by atoms with van der Waals surface area (Å²) in [5.41, 5.74) is 5.13. The highest BCUT2D eigenvalue weighted by molar-refractivity contribution is 5.75. The van der Waals surface area contributed by atoms with E-state index in [0.717, 1.165) is 12.0 Å². The van der Waals surface area contributed by atoms with Crippen LogP contribution >= 0.6 is 0 Å². The Hall–Kier alpha value is -1.76. The molecule has 1 aromatic rings. The molecule has 1 unspecified atom stereocenters. The van der Waals surface area contributed by atoms with Gasteiger partial charge in [0.1, 0.15) is 0 Å². The van der Waals surface area contributed by atoms with Gasteiger partial charge in [-0.2, -0.15) is 0 Å². The molecular formula is C16H19N. The molecule has 2 rings (SSSR count). The minimum absolute atomic E-state index is 0.629. The maximum Gasteiger partial charge on any atom is 0.00410 e. The Bertz CT molecular complexity index is 480. The molecule has 88 valence electrons. The Kier molecular flexibility index (Phi) is 3.48. The number of rotatable bonds is 3. The third kappa shape index (κ3) is 2.33. The van der Waals surface area contributed by atoms with Gasteiger partial charge in [0, 0.05) is 13.2 Å². The van der Waals surface area contributed by atoms with Gasteiger partial charge in [-0.25, -0.2) is 0 Å². The quantitative estimate of drug-likeness (QED) is 0.768. The fourth-order valence-corrected chi connectivity index (χ4v) is 2.29.